The van der Waals surface area contributed by atoms with E-state index in [0.717, 1.165) is 44.5 Å². The van der Waals surface area contributed by atoms with Crippen LogP contribution < -0.4 is 31.9 Å². The van der Waals surface area contributed by atoms with E-state index in [9.17, 15) is 57.5 Å². The fraction of sp³-hybridized carbons (Fsp3) is 0.695. The third kappa shape index (κ3) is 25.1. The van der Waals surface area contributed by atoms with Crippen molar-refractivity contribution in [2.45, 2.75) is 134 Å². The number of nitrogens with two attached hydrogens (primary N) is 1. The molecular formula is C59H96Cl2N14O12S. The number of carbonyl (C=O) groups is 12. The molecule has 0 spiro atoms. The summed E-state index contributed by atoms with van der Waals surface area (Å²) in [6.45, 7) is 7.18. The molecule has 29 heteroatoms. The number of likely N-dealkylation sites (N-methyl/N-ethyl adjacent to an activating group) is 4. The zero-order valence-corrected chi connectivity index (χ0v) is 55.4. The smallest absolute Gasteiger partial charge is 0.315 e. The van der Waals surface area contributed by atoms with Gasteiger partial charge in [-0.25, -0.2) is 4.79 Å². The summed E-state index contributed by atoms with van der Waals surface area (Å²) < 4.78 is 0. The SMILES string of the molecule is CC(=O)N(C)CCCCN(CC(N)=O)C(=O)[C@H](C)N(C)C(=O)[C@H](C)N(C)C(=O)[C@H](C)N(C)C(=O)CN(CCN(C)C(C)=O)C(=O)CN(CCNC(=O)CCCC[C@@H]1SC[C@@H]2NC(=O)N[C@@H]21)C(=O)CCNC(=O)CCCc1ccc(N(CCCl)CCCl)cc1. The van der Waals surface area contributed by atoms with Crippen molar-refractivity contribution >= 4 is 112 Å². The number of nitrogens with one attached hydrogen (secondary N) is 4. The van der Waals surface area contributed by atoms with Gasteiger partial charge in [-0.15, -0.1) is 23.2 Å². The van der Waals surface area contributed by atoms with Crippen molar-refractivity contribution in [1.82, 2.24) is 60.5 Å². The summed E-state index contributed by atoms with van der Waals surface area (Å²) in [5, 5.41) is 11.8. The van der Waals surface area contributed by atoms with E-state index in [1.54, 1.807) is 18.8 Å². The summed E-state index contributed by atoms with van der Waals surface area (Å²) >= 11 is 13.7. The molecule has 0 unspecified atom stereocenters. The number of hydrogen-bond donors (Lipinski definition) is 5. The minimum Gasteiger partial charge on any atom is -0.369 e. The summed E-state index contributed by atoms with van der Waals surface area (Å²) in [6, 6.07) is 4.54. The van der Waals surface area contributed by atoms with Gasteiger partial charge >= 0.3 is 6.03 Å². The number of thioether (sulfide) groups is 1. The minimum atomic E-state index is -1.19. The van der Waals surface area contributed by atoms with E-state index < -0.39 is 79.1 Å². The number of nitrogens with zero attached hydrogens (tertiary/aromatic N) is 9. The second-order valence-corrected chi connectivity index (χ2v) is 24.6. The zero-order chi connectivity index (χ0) is 65.8. The van der Waals surface area contributed by atoms with Crippen LogP contribution in [-0.2, 0) is 59.2 Å². The summed E-state index contributed by atoms with van der Waals surface area (Å²) in [6.07, 6.45) is 4.52. The molecule has 2 aliphatic heterocycles. The van der Waals surface area contributed by atoms with Gasteiger partial charge in [0.15, 0.2) is 0 Å². The van der Waals surface area contributed by atoms with Crippen LogP contribution >= 0.6 is 35.0 Å². The Hall–Kier alpha value is -6.61. The first-order valence-electron chi connectivity index (χ1n) is 30.1. The van der Waals surface area contributed by atoms with Crippen LogP contribution in [0, 0.1) is 0 Å². The zero-order valence-electron chi connectivity index (χ0n) is 53.1. The first-order valence-corrected chi connectivity index (χ1v) is 32.3. The molecule has 1 aromatic carbocycles. The number of anilines is 1. The van der Waals surface area contributed by atoms with Gasteiger partial charge in [0.1, 0.15) is 18.1 Å². The number of fused-ring (bicyclic) bond motifs is 1. The van der Waals surface area contributed by atoms with Crippen molar-refractivity contribution in [3.63, 3.8) is 0 Å². The second kappa shape index (κ2) is 38.7. The van der Waals surface area contributed by atoms with Crippen LogP contribution in [0.2, 0.25) is 0 Å². The van der Waals surface area contributed by atoms with Gasteiger partial charge in [0.2, 0.25) is 65.0 Å². The molecule has 0 bridgehead atoms. The Kier molecular flexibility index (Phi) is 33.3. The van der Waals surface area contributed by atoms with Gasteiger partial charge < -0.3 is 71.1 Å². The Morgan fingerprint density at radius 2 is 1.11 bits per heavy atom. The first-order chi connectivity index (χ1) is 41.6. The molecule has 0 saturated carbocycles. The van der Waals surface area contributed by atoms with Crippen molar-refractivity contribution in [2.75, 3.05) is 136 Å². The predicted octanol–water partition coefficient (Wildman–Crippen LogP) is 0.890. The summed E-state index contributed by atoms with van der Waals surface area (Å²) in [5.41, 5.74) is 7.50. The highest BCUT2D eigenvalue weighted by Crippen LogP contribution is 2.33. The number of rotatable bonds is 40. The standard InChI is InChI=1S/C59H96Cl2N14O12S/c1-40(56(84)70(9)41(2)57(85)71(10)42(3)58(86)75(36-49(62)78)30-14-13-29-67(6)43(4)76)69(8)53(82)37-74(35-34-68(7)44(5)77)54(83)38-73(33-28-64-50(79)18-12-11-17-48-55-47(39-88-48)65-59(87)66-55)52(81)24-27-63-51(80)19-15-16-45-20-22-46(23-21-45)72(31-25-60)32-26-61/h20-23,40-42,47-48,55H,11-19,24-39H2,1-10H3,(H2,62,78)(H,63,80)(H,64,79)(H2,65,66,87)/t40-,41-,42-,47-,48-,55-/m0/s1. The van der Waals surface area contributed by atoms with Crippen molar-refractivity contribution in [1.29, 1.82) is 0 Å². The van der Waals surface area contributed by atoms with Crippen LogP contribution in [0.4, 0.5) is 10.5 Å². The number of urea groups is 1. The highest BCUT2D eigenvalue weighted by molar-refractivity contribution is 8.00. The van der Waals surface area contributed by atoms with Gasteiger partial charge in [-0.3, -0.25) is 52.7 Å². The lowest BCUT2D eigenvalue weighted by molar-refractivity contribution is -0.152. The van der Waals surface area contributed by atoms with E-state index in [4.69, 9.17) is 28.9 Å². The highest BCUT2D eigenvalue weighted by atomic mass is 35.5. The summed E-state index contributed by atoms with van der Waals surface area (Å²) in [7, 11) is 7.28. The fourth-order valence-corrected chi connectivity index (χ4v) is 11.9. The predicted molar refractivity (Wildman–Crippen MR) is 339 cm³/mol. The molecule has 2 fully saturated rings. The van der Waals surface area contributed by atoms with Crippen LogP contribution in [0.25, 0.3) is 0 Å². The first kappa shape index (κ1) is 75.6. The lowest BCUT2D eigenvalue weighted by Crippen LogP contribution is -2.57. The second-order valence-electron chi connectivity index (χ2n) is 22.6. The lowest BCUT2D eigenvalue weighted by Gasteiger charge is -2.36. The molecule has 6 N–H and O–H groups in total. The molecule has 88 heavy (non-hydrogen) atoms. The van der Waals surface area contributed by atoms with E-state index in [0.29, 0.717) is 63.5 Å². The number of benzene rings is 1. The number of amides is 13. The average molecular weight is 1300 g/mol. The molecule has 0 aliphatic carbocycles. The van der Waals surface area contributed by atoms with E-state index in [1.165, 1.54) is 87.3 Å². The monoisotopic (exact) mass is 1290 g/mol. The maximum atomic E-state index is 14.4. The maximum Gasteiger partial charge on any atom is 0.315 e. The van der Waals surface area contributed by atoms with Gasteiger partial charge in [-0.1, -0.05) is 18.6 Å². The molecule has 3 rings (SSSR count). The summed E-state index contributed by atoms with van der Waals surface area (Å²) in [5.74, 6) is -3.71. The molecular weight excluding hydrogens is 1200 g/mol. The van der Waals surface area contributed by atoms with Gasteiger partial charge in [-0.05, 0) is 77.0 Å². The van der Waals surface area contributed by atoms with Gasteiger partial charge in [0.25, 0.3) is 0 Å². The highest BCUT2D eigenvalue weighted by Gasteiger charge is 2.43. The maximum absolute atomic E-state index is 14.4. The Morgan fingerprint density at radius 3 is 1.70 bits per heavy atom. The van der Waals surface area contributed by atoms with Crippen molar-refractivity contribution in [2.24, 2.45) is 5.73 Å². The van der Waals surface area contributed by atoms with Crippen LogP contribution in [0.5, 0.6) is 0 Å². The van der Waals surface area contributed by atoms with Crippen molar-refractivity contribution in [3.05, 3.63) is 29.8 Å². The number of hydrogen-bond acceptors (Lipinski definition) is 14. The molecule has 1 aromatic rings. The topological polar surface area (TPSA) is 308 Å². The average Bonchev–Trinajstić information content (AvgIpc) is 4.23. The number of carbonyl (C=O) groups excluding carboxylic acids is 12. The number of primary amides is 1. The van der Waals surface area contributed by atoms with Gasteiger partial charge in [-0.2, -0.15) is 11.8 Å². The Bertz CT molecular complexity index is 2530. The fourth-order valence-electron chi connectivity index (χ4n) is 9.91. The van der Waals surface area contributed by atoms with E-state index in [1.807, 2.05) is 24.3 Å². The van der Waals surface area contributed by atoms with Crippen molar-refractivity contribution in [3.8, 4) is 0 Å². The lowest BCUT2D eigenvalue weighted by atomic mass is 10.0. The molecule has 6 atom stereocenters. The normalized spacial score (nSPS) is 15.9. The minimum absolute atomic E-state index is 0.00234. The molecule has 2 aliphatic rings. The Labute approximate surface area is 533 Å². The number of halogens is 2. The quantitative estimate of drug-likeness (QED) is 0.0347. The molecule has 0 radical (unpaired) electrons. The third-order valence-electron chi connectivity index (χ3n) is 16.2. The van der Waals surface area contributed by atoms with Crippen LogP contribution in [-0.4, -0.2) is 277 Å². The molecule has 26 nitrogen and oxygen atoms in total. The van der Waals surface area contributed by atoms with Crippen LogP contribution in [0.15, 0.2) is 24.3 Å². The van der Waals surface area contributed by atoms with E-state index in [-0.39, 0.29) is 106 Å². The molecule has 2 saturated heterocycles. The van der Waals surface area contributed by atoms with Gasteiger partial charge in [0.05, 0.1) is 31.7 Å². The molecule has 2 heterocycles. The largest absolute Gasteiger partial charge is 0.369 e. The van der Waals surface area contributed by atoms with Crippen molar-refractivity contribution < 1.29 is 57.5 Å². The summed E-state index contributed by atoms with van der Waals surface area (Å²) in [4.78, 5) is 170. The van der Waals surface area contributed by atoms with Crippen LogP contribution in [0.1, 0.15) is 98.0 Å². The van der Waals surface area contributed by atoms with E-state index >= 15 is 0 Å². The molecule has 13 amide bonds. The van der Waals surface area contributed by atoms with Gasteiger partial charge in [0, 0.05) is 156 Å². The third-order valence-corrected chi connectivity index (χ3v) is 18.0. The number of unbranched alkanes of at least 4 members (excludes halogenated alkanes) is 2. The molecule has 0 aromatic heterocycles. The number of alkyl halides is 2. The number of aryl methyl sites for hydroxylation is 1. The van der Waals surface area contributed by atoms with E-state index in [2.05, 4.69) is 26.2 Å². The molecule has 494 valence electrons. The van der Waals surface area contributed by atoms with Crippen LogP contribution in [0.3, 0.4) is 0 Å². The Balaban J connectivity index is 1.70. The Morgan fingerprint density at radius 1 is 0.580 bits per heavy atom.